The fourth-order valence-electron chi connectivity index (χ4n) is 1.79. The largest absolute Gasteiger partial charge is 0.477 e. The number of carboxylic acids is 1. The number of hydrogen-bond acceptors (Lipinski definition) is 2. The second-order valence-corrected chi connectivity index (χ2v) is 5.50. The van der Waals surface area contributed by atoms with Gasteiger partial charge in [0, 0.05) is 28.1 Å². The monoisotopic (exact) mass is 369 g/mol. The van der Waals surface area contributed by atoms with Crippen molar-refractivity contribution in [1.82, 2.24) is 4.57 Å². The number of pyridine rings is 1. The highest BCUT2D eigenvalue weighted by atomic mass is 127. The summed E-state index contributed by atoms with van der Waals surface area (Å²) in [5, 5.41) is 8.97. The number of aryl methyl sites for hydroxylation is 1. The smallest absolute Gasteiger partial charge is 0.341 e. The van der Waals surface area contributed by atoms with Gasteiger partial charge in [-0.15, -0.1) is 0 Å². The highest BCUT2D eigenvalue weighted by Crippen LogP contribution is 2.10. The first kappa shape index (κ1) is 13.8. The molecule has 0 unspecified atom stereocenters. The van der Waals surface area contributed by atoms with E-state index in [9.17, 15) is 9.59 Å². The molecule has 98 valence electrons. The van der Waals surface area contributed by atoms with E-state index in [-0.39, 0.29) is 5.56 Å². The van der Waals surface area contributed by atoms with Crippen molar-refractivity contribution < 1.29 is 9.90 Å². The summed E-state index contributed by atoms with van der Waals surface area (Å²) >= 11 is 2.23. The maximum absolute atomic E-state index is 11.5. The number of nitrogens with zero attached hydrogens (tertiary/aromatic N) is 1. The third kappa shape index (κ3) is 3.23. The van der Waals surface area contributed by atoms with Gasteiger partial charge in [0.25, 0.3) is 0 Å². The molecule has 19 heavy (non-hydrogen) atoms. The summed E-state index contributed by atoms with van der Waals surface area (Å²) in [6.45, 7) is 2.34. The van der Waals surface area contributed by atoms with Crippen LogP contribution in [-0.2, 0) is 6.54 Å². The van der Waals surface area contributed by atoms with Crippen molar-refractivity contribution in [3.8, 4) is 0 Å². The summed E-state index contributed by atoms with van der Waals surface area (Å²) in [4.78, 5) is 22.5. The third-order valence-electron chi connectivity index (χ3n) is 2.84. The maximum Gasteiger partial charge on any atom is 0.341 e. The van der Waals surface area contributed by atoms with E-state index in [2.05, 4.69) is 22.6 Å². The van der Waals surface area contributed by atoms with E-state index in [1.54, 1.807) is 11.5 Å². The zero-order valence-electron chi connectivity index (χ0n) is 10.3. The Balaban J connectivity index is 2.39. The summed E-state index contributed by atoms with van der Waals surface area (Å²) in [6, 6.07) is 9.31. The predicted octanol–water partition coefficient (Wildman–Crippen LogP) is 2.51. The second-order valence-electron chi connectivity index (χ2n) is 4.25. The Morgan fingerprint density at radius 2 is 1.95 bits per heavy atom. The molecule has 0 amide bonds. The molecule has 0 fully saturated rings. The van der Waals surface area contributed by atoms with Crippen molar-refractivity contribution in [2.24, 2.45) is 0 Å². The molecule has 5 heteroatoms. The van der Waals surface area contributed by atoms with Gasteiger partial charge < -0.3 is 9.67 Å². The van der Waals surface area contributed by atoms with Gasteiger partial charge in [0.2, 0.25) is 0 Å². The van der Waals surface area contributed by atoms with E-state index < -0.39 is 11.4 Å². The molecule has 0 atom stereocenters. The molecular weight excluding hydrogens is 357 g/mol. The van der Waals surface area contributed by atoms with Crippen molar-refractivity contribution in [1.29, 1.82) is 0 Å². The average Bonchev–Trinajstić information content (AvgIpc) is 2.34. The molecule has 0 spiro atoms. The molecule has 4 nitrogen and oxygen atoms in total. The number of benzene rings is 1. The van der Waals surface area contributed by atoms with E-state index in [0.29, 0.717) is 6.54 Å². The van der Waals surface area contributed by atoms with Gasteiger partial charge in [-0.1, -0.05) is 12.1 Å². The van der Waals surface area contributed by atoms with Crippen LogP contribution in [0.3, 0.4) is 0 Å². The van der Waals surface area contributed by atoms with Crippen molar-refractivity contribution >= 4 is 28.6 Å². The zero-order valence-corrected chi connectivity index (χ0v) is 12.4. The van der Waals surface area contributed by atoms with E-state index in [0.717, 1.165) is 14.8 Å². The Hall–Kier alpha value is -1.63. The van der Waals surface area contributed by atoms with E-state index in [1.807, 2.05) is 24.3 Å². The lowest BCUT2D eigenvalue weighted by atomic mass is 10.2. The van der Waals surface area contributed by atoms with Gasteiger partial charge in [-0.3, -0.25) is 4.79 Å². The summed E-state index contributed by atoms with van der Waals surface area (Å²) < 4.78 is 2.91. The van der Waals surface area contributed by atoms with Crippen LogP contribution >= 0.6 is 22.6 Å². The fourth-order valence-corrected chi connectivity index (χ4v) is 2.15. The normalized spacial score (nSPS) is 10.4. The summed E-state index contributed by atoms with van der Waals surface area (Å²) in [6.07, 6.45) is 1.40. The Morgan fingerprint density at radius 1 is 1.32 bits per heavy atom. The lowest BCUT2D eigenvalue weighted by molar-refractivity contribution is 0.0694. The minimum absolute atomic E-state index is 0.198. The number of aromatic nitrogens is 1. The van der Waals surface area contributed by atoms with Crippen LogP contribution in [0.15, 0.2) is 41.3 Å². The maximum atomic E-state index is 11.5. The van der Waals surface area contributed by atoms with Crippen LogP contribution in [0.4, 0.5) is 0 Å². The summed E-state index contributed by atoms with van der Waals surface area (Å²) in [5.74, 6) is -1.19. The average molecular weight is 369 g/mol. The molecule has 2 aromatic rings. The number of carboxylic acid groups (broad SMARTS) is 1. The number of aromatic carboxylic acids is 1. The topological polar surface area (TPSA) is 59.3 Å². The molecule has 0 aliphatic rings. The highest BCUT2D eigenvalue weighted by molar-refractivity contribution is 14.1. The van der Waals surface area contributed by atoms with Gasteiger partial charge >= 0.3 is 5.97 Å². The molecule has 0 saturated heterocycles. The van der Waals surface area contributed by atoms with Crippen LogP contribution in [0.25, 0.3) is 0 Å². The highest BCUT2D eigenvalue weighted by Gasteiger charge is 2.10. The molecule has 0 saturated carbocycles. The lowest BCUT2D eigenvalue weighted by Gasteiger charge is -2.11. The van der Waals surface area contributed by atoms with Crippen molar-refractivity contribution in [3.05, 3.63) is 67.1 Å². The van der Waals surface area contributed by atoms with Crippen molar-refractivity contribution in [2.45, 2.75) is 13.5 Å². The summed E-state index contributed by atoms with van der Waals surface area (Å²) in [5.41, 5.74) is 1.15. The Bertz CT molecular complexity index is 674. The number of hydrogen-bond donors (Lipinski definition) is 1. The van der Waals surface area contributed by atoms with Crippen LogP contribution in [0, 0.1) is 10.5 Å². The van der Waals surface area contributed by atoms with Crippen LogP contribution in [0.2, 0.25) is 0 Å². The molecule has 0 aliphatic heterocycles. The minimum Gasteiger partial charge on any atom is -0.477 e. The first-order chi connectivity index (χ1) is 8.97. The first-order valence-electron chi connectivity index (χ1n) is 5.66. The molecule has 0 aliphatic carbocycles. The number of carbonyl (C=O) groups is 1. The molecule has 1 aromatic heterocycles. The van der Waals surface area contributed by atoms with Gasteiger partial charge in [0.15, 0.2) is 5.43 Å². The van der Waals surface area contributed by atoms with Gasteiger partial charge in [0.05, 0.1) is 0 Å². The molecule has 1 aromatic carbocycles. The number of rotatable bonds is 3. The second kappa shape index (κ2) is 5.56. The van der Waals surface area contributed by atoms with Gasteiger partial charge in [-0.25, -0.2) is 4.79 Å². The molecule has 1 N–H and O–H groups in total. The van der Waals surface area contributed by atoms with Crippen molar-refractivity contribution in [3.63, 3.8) is 0 Å². The van der Waals surface area contributed by atoms with Crippen LogP contribution in [0.5, 0.6) is 0 Å². The molecule has 1 heterocycles. The Morgan fingerprint density at radius 3 is 2.53 bits per heavy atom. The lowest BCUT2D eigenvalue weighted by Crippen LogP contribution is -2.19. The van der Waals surface area contributed by atoms with E-state index in [1.165, 1.54) is 12.3 Å². The Kier molecular flexibility index (Phi) is 4.04. The van der Waals surface area contributed by atoms with Crippen LogP contribution < -0.4 is 5.43 Å². The van der Waals surface area contributed by atoms with Gasteiger partial charge in [0.1, 0.15) is 5.56 Å². The molecule has 2 rings (SSSR count). The minimum atomic E-state index is -1.19. The SMILES string of the molecule is Cc1cc(=O)c(C(=O)O)cn1Cc1ccc(I)cc1. The zero-order chi connectivity index (χ0) is 14.0. The quantitative estimate of drug-likeness (QED) is 0.846. The Labute approximate surface area is 123 Å². The third-order valence-corrected chi connectivity index (χ3v) is 3.56. The molecule has 0 bridgehead atoms. The van der Waals surface area contributed by atoms with Crippen LogP contribution in [-0.4, -0.2) is 15.6 Å². The predicted molar refractivity (Wildman–Crippen MR) is 80.7 cm³/mol. The first-order valence-corrected chi connectivity index (χ1v) is 6.74. The molecule has 0 radical (unpaired) electrons. The van der Waals surface area contributed by atoms with E-state index >= 15 is 0 Å². The number of halogens is 1. The van der Waals surface area contributed by atoms with Crippen LogP contribution in [0.1, 0.15) is 21.6 Å². The summed E-state index contributed by atoms with van der Waals surface area (Å²) in [7, 11) is 0. The van der Waals surface area contributed by atoms with E-state index in [4.69, 9.17) is 5.11 Å². The fraction of sp³-hybridized carbons (Fsp3) is 0.143. The van der Waals surface area contributed by atoms with Crippen molar-refractivity contribution in [2.75, 3.05) is 0 Å². The standard InChI is InChI=1S/C14H12INO3/c1-9-6-13(17)12(14(18)19)8-16(9)7-10-2-4-11(15)5-3-10/h2-6,8H,7H2,1H3,(H,18,19). The van der Waals surface area contributed by atoms with Gasteiger partial charge in [-0.05, 0) is 47.2 Å². The molecular formula is C14H12INO3. The van der Waals surface area contributed by atoms with Gasteiger partial charge in [-0.2, -0.15) is 0 Å².